The van der Waals surface area contributed by atoms with Gasteiger partial charge in [-0.25, -0.2) is 9.69 Å². The van der Waals surface area contributed by atoms with E-state index in [0.29, 0.717) is 0 Å². The lowest BCUT2D eigenvalue weighted by Gasteiger charge is -2.22. The van der Waals surface area contributed by atoms with E-state index >= 15 is 0 Å². The molecule has 1 amide bonds. The van der Waals surface area contributed by atoms with Crippen molar-refractivity contribution in [2.45, 2.75) is 0 Å². The summed E-state index contributed by atoms with van der Waals surface area (Å²) in [6, 6.07) is 25.6. The van der Waals surface area contributed by atoms with Crippen molar-refractivity contribution in [3.05, 3.63) is 96.6 Å². The van der Waals surface area contributed by atoms with Gasteiger partial charge < -0.3 is 9.84 Å². The molecule has 0 bridgehead atoms. The van der Waals surface area contributed by atoms with Crippen LogP contribution in [-0.2, 0) is 4.74 Å². The van der Waals surface area contributed by atoms with Gasteiger partial charge in [0.1, 0.15) is 12.4 Å². The number of carbonyl (C=O) groups excluding carboxylic acids is 1. The number of anilines is 2. The number of phenolic OH excluding ortho intramolecular Hbond substituents is 1. The summed E-state index contributed by atoms with van der Waals surface area (Å²) in [5.74, 6) is 0.198. The van der Waals surface area contributed by atoms with Crippen LogP contribution in [-0.4, -0.2) is 17.8 Å². The number of hydrogen-bond acceptors (Lipinski definition) is 3. The Labute approximate surface area is 152 Å². The maximum absolute atomic E-state index is 12.6. The van der Waals surface area contributed by atoms with Crippen LogP contribution < -0.4 is 4.90 Å². The molecule has 4 heteroatoms. The molecule has 3 aromatic rings. The van der Waals surface area contributed by atoms with Gasteiger partial charge in [-0.1, -0.05) is 54.6 Å². The average Bonchev–Trinajstić information content (AvgIpc) is 2.67. The van der Waals surface area contributed by atoms with E-state index in [9.17, 15) is 9.90 Å². The summed E-state index contributed by atoms with van der Waals surface area (Å²) in [5.41, 5.74) is 2.31. The van der Waals surface area contributed by atoms with Gasteiger partial charge in [-0.05, 0) is 48.0 Å². The molecule has 3 rings (SSSR count). The minimum absolute atomic E-state index is 0.130. The second kappa shape index (κ2) is 8.53. The van der Waals surface area contributed by atoms with Gasteiger partial charge in [-0.2, -0.15) is 0 Å². The van der Waals surface area contributed by atoms with Gasteiger partial charge in [0.2, 0.25) is 0 Å². The molecular formula is C22H19NO3. The lowest BCUT2D eigenvalue weighted by molar-refractivity contribution is 0.169. The summed E-state index contributed by atoms with van der Waals surface area (Å²) >= 11 is 0. The molecular weight excluding hydrogens is 326 g/mol. The van der Waals surface area contributed by atoms with E-state index in [1.54, 1.807) is 30.4 Å². The fourth-order valence-corrected chi connectivity index (χ4v) is 2.51. The lowest BCUT2D eigenvalue weighted by atomic mass is 10.2. The number of para-hydroxylation sites is 2. The maximum Gasteiger partial charge on any atom is 0.419 e. The van der Waals surface area contributed by atoms with Crippen LogP contribution in [0.25, 0.3) is 6.08 Å². The van der Waals surface area contributed by atoms with E-state index in [1.165, 1.54) is 4.90 Å². The molecule has 0 heterocycles. The first-order chi connectivity index (χ1) is 12.7. The minimum atomic E-state index is -0.456. The van der Waals surface area contributed by atoms with Gasteiger partial charge in [-0.15, -0.1) is 0 Å². The first-order valence-electron chi connectivity index (χ1n) is 8.26. The van der Waals surface area contributed by atoms with Gasteiger partial charge in [0.15, 0.2) is 0 Å². The van der Waals surface area contributed by atoms with Crippen LogP contribution >= 0.6 is 0 Å². The van der Waals surface area contributed by atoms with Gasteiger partial charge in [0.25, 0.3) is 0 Å². The Morgan fingerprint density at radius 2 is 1.50 bits per heavy atom. The molecule has 0 aromatic heterocycles. The Bertz CT molecular complexity index is 837. The average molecular weight is 345 g/mol. The highest BCUT2D eigenvalue weighted by Crippen LogP contribution is 2.25. The molecule has 4 nitrogen and oxygen atoms in total. The summed E-state index contributed by atoms with van der Waals surface area (Å²) in [4.78, 5) is 14.2. The topological polar surface area (TPSA) is 49.8 Å². The Morgan fingerprint density at radius 3 is 2.08 bits per heavy atom. The molecule has 0 unspecified atom stereocenters. The van der Waals surface area contributed by atoms with Crippen molar-refractivity contribution in [2.24, 2.45) is 0 Å². The fraction of sp³-hybridized carbons (Fsp3) is 0.0455. The molecule has 0 aliphatic rings. The largest absolute Gasteiger partial charge is 0.508 e. The number of ether oxygens (including phenoxy) is 1. The Kier molecular flexibility index (Phi) is 5.68. The van der Waals surface area contributed by atoms with Gasteiger partial charge in [-0.3, -0.25) is 0 Å². The standard InChI is InChI=1S/C22H19NO3/c24-21-15-7-9-18(17-21)10-8-16-26-22(25)23(19-11-3-1-4-12-19)20-13-5-2-6-14-20/h1-15,17,24H,16H2/b10-8+. The highest BCUT2D eigenvalue weighted by Gasteiger charge is 2.18. The molecule has 0 spiro atoms. The molecule has 3 aromatic carbocycles. The highest BCUT2D eigenvalue weighted by atomic mass is 16.6. The predicted molar refractivity (Wildman–Crippen MR) is 104 cm³/mol. The molecule has 0 fully saturated rings. The monoisotopic (exact) mass is 345 g/mol. The highest BCUT2D eigenvalue weighted by molar-refractivity contribution is 5.95. The number of benzene rings is 3. The number of rotatable bonds is 5. The number of nitrogens with zero attached hydrogens (tertiary/aromatic N) is 1. The molecule has 1 N–H and O–H groups in total. The normalized spacial score (nSPS) is 10.6. The number of amides is 1. The van der Waals surface area contributed by atoms with E-state index in [1.807, 2.05) is 66.7 Å². The summed E-state index contributed by atoms with van der Waals surface area (Å²) in [7, 11) is 0. The third kappa shape index (κ3) is 4.51. The Balaban J connectivity index is 1.70. The lowest BCUT2D eigenvalue weighted by Crippen LogP contribution is -2.26. The van der Waals surface area contributed by atoms with E-state index < -0.39 is 6.09 Å². The second-order valence-electron chi connectivity index (χ2n) is 5.58. The summed E-state index contributed by atoms with van der Waals surface area (Å²) in [6.45, 7) is 0.130. The van der Waals surface area contributed by atoms with Crippen LogP contribution in [0.3, 0.4) is 0 Å². The molecule has 130 valence electrons. The SMILES string of the molecule is O=C(OC/C=C/c1cccc(O)c1)N(c1ccccc1)c1ccccc1. The van der Waals surface area contributed by atoms with Crippen molar-refractivity contribution >= 4 is 23.5 Å². The van der Waals surface area contributed by atoms with E-state index in [4.69, 9.17) is 4.74 Å². The molecule has 0 radical (unpaired) electrons. The zero-order valence-corrected chi connectivity index (χ0v) is 14.2. The van der Waals surface area contributed by atoms with Crippen molar-refractivity contribution in [3.63, 3.8) is 0 Å². The van der Waals surface area contributed by atoms with Crippen LogP contribution in [0.5, 0.6) is 5.75 Å². The molecule has 0 saturated heterocycles. The second-order valence-corrected chi connectivity index (χ2v) is 5.58. The van der Waals surface area contributed by atoms with Crippen molar-refractivity contribution in [3.8, 4) is 5.75 Å². The molecule has 0 aliphatic heterocycles. The van der Waals surface area contributed by atoms with Crippen LogP contribution in [0.2, 0.25) is 0 Å². The van der Waals surface area contributed by atoms with Crippen molar-refractivity contribution in [1.82, 2.24) is 0 Å². The van der Waals surface area contributed by atoms with E-state index in [-0.39, 0.29) is 12.4 Å². The minimum Gasteiger partial charge on any atom is -0.508 e. The van der Waals surface area contributed by atoms with Gasteiger partial charge in [0.05, 0.1) is 11.4 Å². The number of hydrogen-bond donors (Lipinski definition) is 1. The molecule has 0 atom stereocenters. The Hall–Kier alpha value is -3.53. The molecule has 0 saturated carbocycles. The summed E-state index contributed by atoms with van der Waals surface area (Å²) in [5, 5.41) is 9.46. The predicted octanol–water partition coefficient (Wildman–Crippen LogP) is 5.38. The van der Waals surface area contributed by atoms with Crippen LogP contribution in [0.15, 0.2) is 91.0 Å². The molecule has 26 heavy (non-hydrogen) atoms. The Morgan fingerprint density at radius 1 is 0.885 bits per heavy atom. The zero-order chi connectivity index (χ0) is 18.2. The van der Waals surface area contributed by atoms with E-state index in [2.05, 4.69) is 0 Å². The van der Waals surface area contributed by atoms with Crippen LogP contribution in [0, 0.1) is 0 Å². The summed E-state index contributed by atoms with van der Waals surface area (Å²) < 4.78 is 5.40. The number of aromatic hydroxyl groups is 1. The van der Waals surface area contributed by atoms with Crippen molar-refractivity contribution in [2.75, 3.05) is 11.5 Å². The summed E-state index contributed by atoms with van der Waals surface area (Å²) in [6.07, 6.45) is 3.08. The maximum atomic E-state index is 12.6. The first kappa shape index (κ1) is 17.3. The van der Waals surface area contributed by atoms with E-state index in [0.717, 1.165) is 16.9 Å². The number of carbonyl (C=O) groups is 1. The quantitative estimate of drug-likeness (QED) is 0.675. The third-order valence-corrected chi connectivity index (χ3v) is 3.69. The zero-order valence-electron chi connectivity index (χ0n) is 14.2. The third-order valence-electron chi connectivity index (χ3n) is 3.69. The van der Waals surface area contributed by atoms with Crippen LogP contribution in [0.1, 0.15) is 5.56 Å². The molecule has 0 aliphatic carbocycles. The van der Waals surface area contributed by atoms with Crippen molar-refractivity contribution < 1.29 is 14.6 Å². The van der Waals surface area contributed by atoms with Gasteiger partial charge in [0, 0.05) is 0 Å². The van der Waals surface area contributed by atoms with Crippen molar-refractivity contribution in [1.29, 1.82) is 0 Å². The fourth-order valence-electron chi connectivity index (χ4n) is 2.51. The smallest absolute Gasteiger partial charge is 0.419 e. The van der Waals surface area contributed by atoms with Gasteiger partial charge >= 0.3 is 6.09 Å². The van der Waals surface area contributed by atoms with Crippen LogP contribution in [0.4, 0.5) is 16.2 Å². The number of phenols is 1. The first-order valence-corrected chi connectivity index (χ1v) is 8.26.